The van der Waals surface area contributed by atoms with Crippen molar-refractivity contribution >= 4 is 49.4 Å². The standard InChI is InChI=1S/C57H36N4/c1-4-13-37(14-5-1)41-24-25-43-35-45(28-26-42(43)33-41)56-58-55(44-27-23-38-15-10-11-18-40(38)34-44)59-57(60-56)46-29-31-52-51(36-46)50-22-12-21-49-48(39-16-6-2-7-17-39)30-32-53(54(49)50)61(52)47-19-8-3-9-20-47/h1-36H. The van der Waals surface area contributed by atoms with Gasteiger partial charge in [0.15, 0.2) is 17.5 Å². The first-order valence-corrected chi connectivity index (χ1v) is 20.7. The molecule has 0 fully saturated rings. The predicted molar refractivity (Wildman–Crippen MR) is 253 cm³/mol. The minimum absolute atomic E-state index is 0.623. The first-order chi connectivity index (χ1) is 30.2. The molecule has 1 aliphatic heterocycles. The molecule has 0 unspecified atom stereocenters. The maximum Gasteiger partial charge on any atom is 0.164 e. The van der Waals surface area contributed by atoms with Crippen molar-refractivity contribution in [1.82, 2.24) is 15.0 Å². The van der Waals surface area contributed by atoms with Crippen molar-refractivity contribution in [2.24, 2.45) is 0 Å². The molecule has 61 heavy (non-hydrogen) atoms. The van der Waals surface area contributed by atoms with Crippen LogP contribution >= 0.6 is 0 Å². The number of hydrogen-bond donors (Lipinski definition) is 0. The SMILES string of the molecule is c1ccc(-c2ccc3cc(-c4nc(-c5ccc6c(c5)-c5cccc7c(-c8ccccc8)ccc(c57)N6c5ccccc5)nc(-c5ccc6ccccc6c5)n4)ccc3c2)cc1. The molecule has 1 aliphatic rings. The molecule has 284 valence electrons. The van der Waals surface area contributed by atoms with Gasteiger partial charge < -0.3 is 4.90 Å². The van der Waals surface area contributed by atoms with Crippen LogP contribution in [0.15, 0.2) is 218 Å². The van der Waals surface area contributed by atoms with E-state index in [1.54, 1.807) is 0 Å². The average Bonchev–Trinajstić information content (AvgIpc) is 3.34. The van der Waals surface area contributed by atoms with Crippen LogP contribution in [0.5, 0.6) is 0 Å². The summed E-state index contributed by atoms with van der Waals surface area (Å²) in [6.07, 6.45) is 0. The Labute approximate surface area is 353 Å². The van der Waals surface area contributed by atoms with E-state index in [4.69, 9.17) is 15.0 Å². The maximum atomic E-state index is 5.27. The zero-order chi connectivity index (χ0) is 40.3. The second-order valence-corrected chi connectivity index (χ2v) is 15.6. The summed E-state index contributed by atoms with van der Waals surface area (Å²) in [7, 11) is 0. The molecule has 0 saturated heterocycles. The number of rotatable bonds is 6. The Bertz CT molecular complexity index is 3470. The average molecular weight is 777 g/mol. The lowest BCUT2D eigenvalue weighted by atomic mass is 9.87. The van der Waals surface area contributed by atoms with Crippen molar-refractivity contribution in [2.45, 2.75) is 0 Å². The monoisotopic (exact) mass is 776 g/mol. The number of para-hydroxylation sites is 1. The second kappa shape index (κ2) is 14.3. The highest BCUT2D eigenvalue weighted by molar-refractivity contribution is 6.17. The number of aromatic nitrogens is 3. The van der Waals surface area contributed by atoms with E-state index in [9.17, 15) is 0 Å². The van der Waals surface area contributed by atoms with Crippen LogP contribution in [0.2, 0.25) is 0 Å². The van der Waals surface area contributed by atoms with Crippen molar-refractivity contribution in [3.05, 3.63) is 218 Å². The third-order valence-corrected chi connectivity index (χ3v) is 12.0. The molecule has 11 aromatic rings. The highest BCUT2D eigenvalue weighted by atomic mass is 15.2. The fraction of sp³-hybridized carbons (Fsp3) is 0. The van der Waals surface area contributed by atoms with Crippen LogP contribution in [-0.2, 0) is 0 Å². The minimum Gasteiger partial charge on any atom is -0.309 e. The van der Waals surface area contributed by atoms with E-state index in [1.165, 1.54) is 44.0 Å². The molecular formula is C57H36N4. The fourth-order valence-corrected chi connectivity index (χ4v) is 9.03. The molecule has 0 aliphatic carbocycles. The Morgan fingerprint density at radius 3 is 1.48 bits per heavy atom. The zero-order valence-electron chi connectivity index (χ0n) is 33.1. The normalized spacial score (nSPS) is 11.9. The van der Waals surface area contributed by atoms with Crippen LogP contribution in [0.25, 0.3) is 99.9 Å². The van der Waals surface area contributed by atoms with Crippen LogP contribution in [0.3, 0.4) is 0 Å². The first kappa shape index (κ1) is 34.8. The third-order valence-electron chi connectivity index (χ3n) is 12.0. The molecule has 0 spiro atoms. The van der Waals surface area contributed by atoms with Crippen molar-refractivity contribution < 1.29 is 0 Å². The maximum absolute atomic E-state index is 5.27. The first-order valence-electron chi connectivity index (χ1n) is 20.7. The van der Waals surface area contributed by atoms with E-state index in [0.29, 0.717) is 17.5 Å². The topological polar surface area (TPSA) is 41.9 Å². The number of hydrogen-bond acceptors (Lipinski definition) is 4. The van der Waals surface area contributed by atoms with E-state index in [1.807, 2.05) is 0 Å². The van der Waals surface area contributed by atoms with Crippen LogP contribution < -0.4 is 4.90 Å². The van der Waals surface area contributed by atoms with Gasteiger partial charge in [0, 0.05) is 33.3 Å². The lowest BCUT2D eigenvalue weighted by Crippen LogP contribution is -2.15. The van der Waals surface area contributed by atoms with Gasteiger partial charge in [-0.2, -0.15) is 0 Å². The lowest BCUT2D eigenvalue weighted by molar-refractivity contribution is 1.07. The van der Waals surface area contributed by atoms with E-state index in [0.717, 1.165) is 55.5 Å². The molecule has 0 radical (unpaired) electrons. The summed E-state index contributed by atoms with van der Waals surface area (Å²) in [6, 6.07) is 77.7. The third kappa shape index (κ3) is 6.04. The van der Waals surface area contributed by atoms with E-state index in [2.05, 4.69) is 223 Å². The molecule has 0 N–H and O–H groups in total. The van der Waals surface area contributed by atoms with Crippen molar-refractivity contribution in [2.75, 3.05) is 4.90 Å². The Hall–Kier alpha value is -8.21. The molecule has 0 atom stereocenters. The predicted octanol–water partition coefficient (Wildman–Crippen LogP) is 15.1. The quantitative estimate of drug-likeness (QED) is 0.169. The molecule has 1 aromatic heterocycles. The summed E-state index contributed by atoms with van der Waals surface area (Å²) in [5, 5.41) is 7.04. The molecule has 0 bridgehead atoms. The summed E-state index contributed by atoms with van der Waals surface area (Å²) in [5.41, 5.74) is 13.3. The van der Waals surface area contributed by atoms with Gasteiger partial charge in [-0.3, -0.25) is 0 Å². The molecular weight excluding hydrogens is 741 g/mol. The van der Waals surface area contributed by atoms with Crippen molar-refractivity contribution in [1.29, 1.82) is 0 Å². The van der Waals surface area contributed by atoms with Gasteiger partial charge in [-0.15, -0.1) is 0 Å². The Balaban J connectivity index is 1.05. The summed E-state index contributed by atoms with van der Waals surface area (Å²) >= 11 is 0. The molecule has 10 aromatic carbocycles. The number of fused-ring (bicyclic) bond motifs is 4. The van der Waals surface area contributed by atoms with Crippen LogP contribution in [0.4, 0.5) is 17.1 Å². The fourth-order valence-electron chi connectivity index (χ4n) is 9.03. The molecule has 4 heteroatoms. The van der Waals surface area contributed by atoms with Crippen molar-refractivity contribution in [3.8, 4) is 67.5 Å². The Morgan fingerprint density at radius 1 is 0.279 bits per heavy atom. The smallest absolute Gasteiger partial charge is 0.164 e. The Kier molecular flexibility index (Phi) is 8.13. The van der Waals surface area contributed by atoms with E-state index < -0.39 is 0 Å². The van der Waals surface area contributed by atoms with Gasteiger partial charge in [0.1, 0.15) is 0 Å². The van der Waals surface area contributed by atoms with Gasteiger partial charge in [-0.05, 0) is 109 Å². The lowest BCUT2D eigenvalue weighted by Gasteiger charge is -2.34. The summed E-state index contributed by atoms with van der Waals surface area (Å²) in [5.74, 6) is 1.89. The molecule has 0 saturated carbocycles. The van der Waals surface area contributed by atoms with Crippen LogP contribution in [0, 0.1) is 0 Å². The number of nitrogens with zero attached hydrogens (tertiary/aromatic N) is 4. The largest absolute Gasteiger partial charge is 0.309 e. The minimum atomic E-state index is 0.623. The Morgan fingerprint density at radius 2 is 0.787 bits per heavy atom. The second-order valence-electron chi connectivity index (χ2n) is 15.6. The molecule has 2 heterocycles. The van der Waals surface area contributed by atoms with Gasteiger partial charge >= 0.3 is 0 Å². The van der Waals surface area contributed by atoms with E-state index in [-0.39, 0.29) is 0 Å². The van der Waals surface area contributed by atoms with E-state index >= 15 is 0 Å². The van der Waals surface area contributed by atoms with Gasteiger partial charge in [0.2, 0.25) is 0 Å². The molecule has 0 amide bonds. The number of anilines is 3. The van der Waals surface area contributed by atoms with Gasteiger partial charge in [0.25, 0.3) is 0 Å². The summed E-state index contributed by atoms with van der Waals surface area (Å²) < 4.78 is 0. The van der Waals surface area contributed by atoms with Gasteiger partial charge in [0.05, 0.1) is 11.4 Å². The summed E-state index contributed by atoms with van der Waals surface area (Å²) in [6.45, 7) is 0. The van der Waals surface area contributed by atoms with Crippen LogP contribution in [-0.4, -0.2) is 15.0 Å². The number of benzene rings is 10. The molecule has 4 nitrogen and oxygen atoms in total. The van der Waals surface area contributed by atoms with Crippen LogP contribution in [0.1, 0.15) is 0 Å². The summed E-state index contributed by atoms with van der Waals surface area (Å²) in [4.78, 5) is 18.1. The molecule has 12 rings (SSSR count). The van der Waals surface area contributed by atoms with Gasteiger partial charge in [-0.25, -0.2) is 15.0 Å². The van der Waals surface area contributed by atoms with Gasteiger partial charge in [-0.1, -0.05) is 164 Å². The highest BCUT2D eigenvalue weighted by Gasteiger charge is 2.28. The highest BCUT2D eigenvalue weighted by Crippen LogP contribution is 2.53. The van der Waals surface area contributed by atoms with Crippen molar-refractivity contribution in [3.63, 3.8) is 0 Å². The zero-order valence-corrected chi connectivity index (χ0v) is 33.1.